The van der Waals surface area contributed by atoms with Crippen molar-refractivity contribution in [1.29, 1.82) is 0 Å². The fourth-order valence-electron chi connectivity index (χ4n) is 2.83. The minimum Gasteiger partial charge on any atom is -0.493 e. The predicted molar refractivity (Wildman–Crippen MR) is 102 cm³/mol. The normalized spacial score (nSPS) is 10.6. The van der Waals surface area contributed by atoms with Gasteiger partial charge in [0.1, 0.15) is 24.2 Å². The highest BCUT2D eigenvalue weighted by molar-refractivity contribution is 6.16. The van der Waals surface area contributed by atoms with Crippen molar-refractivity contribution < 1.29 is 33.0 Å². The molecule has 28 heavy (non-hydrogen) atoms. The van der Waals surface area contributed by atoms with E-state index in [9.17, 15) is 9.59 Å². The first-order valence-corrected chi connectivity index (χ1v) is 8.46. The molecule has 0 bridgehead atoms. The van der Waals surface area contributed by atoms with Gasteiger partial charge in [-0.15, -0.1) is 0 Å². The van der Waals surface area contributed by atoms with Crippen LogP contribution in [0.2, 0.25) is 0 Å². The van der Waals surface area contributed by atoms with Gasteiger partial charge in [-0.3, -0.25) is 9.59 Å². The van der Waals surface area contributed by atoms with Crippen LogP contribution in [0.4, 0.5) is 0 Å². The number of furan rings is 1. The molecule has 0 unspecified atom stereocenters. The summed E-state index contributed by atoms with van der Waals surface area (Å²) in [6, 6.07) is 8.21. The molecule has 0 atom stereocenters. The van der Waals surface area contributed by atoms with Crippen LogP contribution < -0.4 is 18.9 Å². The number of fused-ring (bicyclic) bond motifs is 1. The molecule has 0 aliphatic rings. The summed E-state index contributed by atoms with van der Waals surface area (Å²) in [6.45, 7) is 1.40. The number of hydrogen-bond donors (Lipinski definition) is 0. The number of benzene rings is 2. The molecular weight excluding hydrogens is 364 g/mol. The third-order valence-electron chi connectivity index (χ3n) is 4.16. The van der Waals surface area contributed by atoms with Crippen molar-refractivity contribution in [3.05, 3.63) is 47.7 Å². The number of ether oxygens (including phenoxy) is 4. The molecule has 7 heteroatoms. The summed E-state index contributed by atoms with van der Waals surface area (Å²) in [7, 11) is 4.46. The van der Waals surface area contributed by atoms with Gasteiger partial charge in [-0.2, -0.15) is 0 Å². The molecule has 7 nitrogen and oxygen atoms in total. The van der Waals surface area contributed by atoms with Crippen molar-refractivity contribution in [3.63, 3.8) is 0 Å². The second kappa shape index (κ2) is 8.04. The zero-order chi connectivity index (χ0) is 20.3. The molecule has 0 radical (unpaired) electrons. The van der Waals surface area contributed by atoms with E-state index >= 15 is 0 Å². The molecule has 0 aliphatic carbocycles. The van der Waals surface area contributed by atoms with Crippen molar-refractivity contribution in [2.24, 2.45) is 0 Å². The first-order chi connectivity index (χ1) is 13.5. The summed E-state index contributed by atoms with van der Waals surface area (Å²) >= 11 is 0. The first-order valence-electron chi connectivity index (χ1n) is 8.46. The van der Waals surface area contributed by atoms with Crippen molar-refractivity contribution in [2.75, 3.05) is 27.9 Å². The molecule has 0 fully saturated rings. The number of rotatable bonds is 8. The summed E-state index contributed by atoms with van der Waals surface area (Å²) in [4.78, 5) is 24.3. The molecule has 0 aliphatic heterocycles. The van der Waals surface area contributed by atoms with Crippen LogP contribution in [0.15, 0.2) is 41.0 Å². The van der Waals surface area contributed by atoms with Crippen molar-refractivity contribution in [2.45, 2.75) is 6.92 Å². The van der Waals surface area contributed by atoms with E-state index in [-0.39, 0.29) is 18.2 Å². The molecule has 0 N–H and O–H groups in total. The fraction of sp³-hybridized carbons (Fsp3) is 0.238. The Kier molecular flexibility index (Phi) is 5.54. The maximum absolute atomic E-state index is 13.1. The van der Waals surface area contributed by atoms with E-state index in [1.165, 1.54) is 34.5 Å². The monoisotopic (exact) mass is 384 g/mol. The minimum atomic E-state index is -0.276. The smallest absolute Gasteiger partial charge is 0.203 e. The molecule has 0 saturated heterocycles. The lowest BCUT2D eigenvalue weighted by atomic mass is 10.0. The number of methoxy groups -OCH3 is 3. The van der Waals surface area contributed by atoms with Gasteiger partial charge in [0.2, 0.25) is 5.75 Å². The highest BCUT2D eigenvalue weighted by Gasteiger charge is 2.21. The minimum absolute atomic E-state index is 0.0421. The molecule has 1 aromatic heterocycles. The van der Waals surface area contributed by atoms with Gasteiger partial charge >= 0.3 is 0 Å². The first kappa shape index (κ1) is 19.3. The van der Waals surface area contributed by atoms with Crippen LogP contribution in [0, 0.1) is 0 Å². The highest BCUT2D eigenvalue weighted by Crippen LogP contribution is 2.39. The van der Waals surface area contributed by atoms with Gasteiger partial charge < -0.3 is 23.4 Å². The van der Waals surface area contributed by atoms with Gasteiger partial charge in [0.25, 0.3) is 0 Å². The Hall–Kier alpha value is -3.48. The molecule has 2 aromatic carbocycles. The Balaban J connectivity index is 2.03. The van der Waals surface area contributed by atoms with E-state index in [4.69, 9.17) is 23.4 Å². The largest absolute Gasteiger partial charge is 0.493 e. The quantitative estimate of drug-likeness (QED) is 0.548. The van der Waals surface area contributed by atoms with Crippen LogP contribution in [-0.2, 0) is 4.79 Å². The summed E-state index contributed by atoms with van der Waals surface area (Å²) in [5.41, 5.74) is 1.25. The number of carbonyl (C=O) groups excluding carboxylic acids is 2. The zero-order valence-electron chi connectivity index (χ0n) is 16.0. The molecular formula is C21H20O7. The SMILES string of the molecule is COc1cc(C(=O)c2coc3ccc(OCC(C)=O)cc23)cc(OC)c1OC. The third-order valence-corrected chi connectivity index (χ3v) is 4.16. The average Bonchev–Trinajstić information content (AvgIpc) is 3.13. The van der Waals surface area contributed by atoms with Gasteiger partial charge in [-0.1, -0.05) is 0 Å². The zero-order valence-corrected chi connectivity index (χ0v) is 16.0. The van der Waals surface area contributed by atoms with E-state index in [2.05, 4.69) is 0 Å². The lowest BCUT2D eigenvalue weighted by Gasteiger charge is -2.13. The molecule has 0 spiro atoms. The standard InChI is InChI=1S/C21H20O7/c1-12(22)10-27-14-5-6-17-15(9-14)16(11-28-17)20(23)13-7-18(24-2)21(26-4)19(8-13)25-3/h5-9,11H,10H2,1-4H3. The van der Waals surface area contributed by atoms with Gasteiger partial charge in [-0.05, 0) is 37.3 Å². The lowest BCUT2D eigenvalue weighted by molar-refractivity contribution is -0.118. The van der Waals surface area contributed by atoms with Crippen molar-refractivity contribution in [1.82, 2.24) is 0 Å². The second-order valence-electron chi connectivity index (χ2n) is 6.04. The molecule has 3 aromatic rings. The molecule has 0 saturated carbocycles. The van der Waals surface area contributed by atoms with Gasteiger partial charge in [0.15, 0.2) is 23.1 Å². The molecule has 0 amide bonds. The van der Waals surface area contributed by atoms with Gasteiger partial charge in [-0.25, -0.2) is 0 Å². The Morgan fingerprint density at radius 2 is 1.64 bits per heavy atom. The van der Waals surface area contributed by atoms with Crippen LogP contribution in [0.25, 0.3) is 11.0 Å². The Morgan fingerprint density at radius 3 is 2.21 bits per heavy atom. The van der Waals surface area contributed by atoms with Crippen LogP contribution >= 0.6 is 0 Å². The van der Waals surface area contributed by atoms with Crippen LogP contribution in [0.1, 0.15) is 22.8 Å². The van der Waals surface area contributed by atoms with Gasteiger partial charge in [0, 0.05) is 10.9 Å². The molecule has 146 valence electrons. The average molecular weight is 384 g/mol. The Bertz CT molecular complexity index is 1010. The van der Waals surface area contributed by atoms with Crippen LogP contribution in [-0.4, -0.2) is 39.5 Å². The summed E-state index contributed by atoms with van der Waals surface area (Å²) in [5.74, 6) is 1.26. The number of Topliss-reactive ketones (excluding diaryl/α,β-unsaturated/α-hetero) is 1. The maximum Gasteiger partial charge on any atom is 0.203 e. The number of carbonyl (C=O) groups is 2. The van der Waals surface area contributed by atoms with Crippen LogP contribution in [0.5, 0.6) is 23.0 Å². The Morgan fingerprint density at radius 1 is 0.964 bits per heavy atom. The number of ketones is 2. The van der Waals surface area contributed by atoms with E-state index in [0.29, 0.717) is 45.1 Å². The van der Waals surface area contributed by atoms with E-state index in [0.717, 1.165) is 0 Å². The summed E-state index contributed by atoms with van der Waals surface area (Å²) in [6.07, 6.45) is 1.39. The van der Waals surface area contributed by atoms with Crippen LogP contribution in [0.3, 0.4) is 0 Å². The predicted octanol–water partition coefficient (Wildman–Crippen LogP) is 3.66. The fourth-order valence-corrected chi connectivity index (χ4v) is 2.83. The Labute approximate surface area is 161 Å². The second-order valence-corrected chi connectivity index (χ2v) is 6.04. The van der Waals surface area contributed by atoms with Crippen molar-refractivity contribution >= 4 is 22.5 Å². The topological polar surface area (TPSA) is 84.2 Å². The number of hydrogen-bond acceptors (Lipinski definition) is 7. The summed E-state index contributed by atoms with van der Waals surface area (Å²) in [5, 5.41) is 0.583. The lowest BCUT2D eigenvalue weighted by Crippen LogP contribution is -2.06. The van der Waals surface area contributed by atoms with E-state index in [1.807, 2.05) is 0 Å². The highest BCUT2D eigenvalue weighted by atomic mass is 16.5. The maximum atomic E-state index is 13.1. The van der Waals surface area contributed by atoms with E-state index < -0.39 is 0 Å². The molecule has 3 rings (SSSR count). The van der Waals surface area contributed by atoms with Gasteiger partial charge in [0.05, 0.1) is 26.9 Å². The van der Waals surface area contributed by atoms with Crippen molar-refractivity contribution in [3.8, 4) is 23.0 Å². The van der Waals surface area contributed by atoms with E-state index in [1.54, 1.807) is 30.3 Å². The summed E-state index contributed by atoms with van der Waals surface area (Å²) < 4.78 is 26.9. The molecule has 1 heterocycles. The third kappa shape index (κ3) is 3.64.